The number of hydrogen-bond donors (Lipinski definition) is 2. The lowest BCUT2D eigenvalue weighted by molar-refractivity contribution is -0.143. The van der Waals surface area contributed by atoms with Crippen LogP contribution < -0.4 is 5.32 Å². The molecule has 2 bridgehead atoms. The Balaban J connectivity index is 1.48. The third-order valence-electron chi connectivity index (χ3n) is 5.07. The summed E-state index contributed by atoms with van der Waals surface area (Å²) in [5.41, 5.74) is 0.900. The molecular weight excluding hydrogens is 351 g/mol. The maximum absolute atomic E-state index is 12.2. The summed E-state index contributed by atoms with van der Waals surface area (Å²) in [6.07, 6.45) is 3.12. The highest BCUT2D eigenvalue weighted by Gasteiger charge is 2.49. The van der Waals surface area contributed by atoms with E-state index in [1.165, 1.54) is 0 Å². The van der Waals surface area contributed by atoms with E-state index >= 15 is 0 Å². The molecule has 2 aliphatic heterocycles. The zero-order valence-electron chi connectivity index (χ0n) is 13.2. The van der Waals surface area contributed by atoms with Gasteiger partial charge in [-0.3, -0.25) is 14.5 Å². The third kappa shape index (κ3) is 3.53. The third-order valence-corrected chi connectivity index (χ3v) is 5.93. The molecule has 2 saturated heterocycles. The van der Waals surface area contributed by atoms with Crippen molar-refractivity contribution in [2.75, 3.05) is 13.1 Å². The van der Waals surface area contributed by atoms with Gasteiger partial charge in [0.2, 0.25) is 5.91 Å². The number of carbonyl (C=O) groups is 2. The molecule has 7 heteroatoms. The Morgan fingerprint density at radius 2 is 2.08 bits per heavy atom. The Labute approximate surface area is 150 Å². The van der Waals surface area contributed by atoms with E-state index in [0.29, 0.717) is 29.4 Å². The number of nitrogens with one attached hydrogen (secondary N) is 1. The lowest BCUT2D eigenvalue weighted by Crippen LogP contribution is -2.41. The van der Waals surface area contributed by atoms with Crippen LogP contribution in [-0.2, 0) is 16.0 Å². The van der Waals surface area contributed by atoms with Gasteiger partial charge in [-0.1, -0.05) is 35.3 Å². The fourth-order valence-corrected chi connectivity index (χ4v) is 4.33. The van der Waals surface area contributed by atoms with E-state index in [1.54, 1.807) is 6.07 Å². The molecule has 3 unspecified atom stereocenters. The summed E-state index contributed by atoms with van der Waals surface area (Å²) in [7, 11) is 0. The van der Waals surface area contributed by atoms with Crippen LogP contribution in [0.25, 0.3) is 0 Å². The highest BCUT2D eigenvalue weighted by molar-refractivity contribution is 6.42. The molecule has 2 N–H and O–H groups in total. The van der Waals surface area contributed by atoms with Gasteiger partial charge < -0.3 is 10.4 Å². The highest BCUT2D eigenvalue weighted by Crippen LogP contribution is 2.41. The number of nitrogens with zero attached hydrogens (tertiary/aromatic N) is 1. The lowest BCUT2D eigenvalue weighted by Gasteiger charge is -2.22. The quantitative estimate of drug-likeness (QED) is 0.807. The van der Waals surface area contributed by atoms with Crippen molar-refractivity contribution in [1.82, 2.24) is 10.2 Å². The summed E-state index contributed by atoms with van der Waals surface area (Å²) >= 11 is 12.1. The Morgan fingerprint density at radius 3 is 2.79 bits per heavy atom. The smallest absolute Gasteiger partial charge is 0.308 e. The topological polar surface area (TPSA) is 69.6 Å². The molecule has 1 amide bonds. The van der Waals surface area contributed by atoms with Crippen LogP contribution >= 0.6 is 23.2 Å². The Hall–Kier alpha value is -1.30. The number of carbonyl (C=O) groups excluding carboxylic acids is 1. The van der Waals surface area contributed by atoms with E-state index < -0.39 is 5.97 Å². The number of rotatable bonds is 6. The molecule has 3 atom stereocenters. The average Bonchev–Trinajstić information content (AvgIpc) is 3.08. The summed E-state index contributed by atoms with van der Waals surface area (Å²) in [4.78, 5) is 25.5. The van der Waals surface area contributed by atoms with Crippen LogP contribution in [0.3, 0.4) is 0 Å². The molecule has 0 spiro atoms. The van der Waals surface area contributed by atoms with E-state index in [9.17, 15) is 14.7 Å². The number of benzene rings is 1. The van der Waals surface area contributed by atoms with Crippen molar-refractivity contribution in [3.63, 3.8) is 0 Å². The number of fused-ring (bicyclic) bond motifs is 2. The highest BCUT2D eigenvalue weighted by atomic mass is 35.5. The molecule has 0 aliphatic carbocycles. The van der Waals surface area contributed by atoms with Gasteiger partial charge in [-0.2, -0.15) is 0 Å². The standard InChI is InChI=1S/C17H20Cl2N2O3/c18-13-3-1-2-10(16(13)19)6-7-20-15(22)9-21-11-4-5-14(21)12(8-11)17(23)24/h1-3,11-12,14H,4-9H2,(H,20,22)(H,23,24). The number of carboxylic acids is 1. The van der Waals surface area contributed by atoms with Crippen molar-refractivity contribution in [1.29, 1.82) is 0 Å². The average molecular weight is 371 g/mol. The van der Waals surface area contributed by atoms with Gasteiger partial charge >= 0.3 is 5.97 Å². The summed E-state index contributed by atoms with van der Waals surface area (Å²) in [6.45, 7) is 0.743. The van der Waals surface area contributed by atoms with Crippen LogP contribution in [0.2, 0.25) is 10.0 Å². The van der Waals surface area contributed by atoms with Crippen molar-refractivity contribution < 1.29 is 14.7 Å². The van der Waals surface area contributed by atoms with Crippen LogP contribution in [0, 0.1) is 5.92 Å². The second-order valence-electron chi connectivity index (χ2n) is 6.46. The Kier molecular flexibility index (Phi) is 5.33. The summed E-state index contributed by atoms with van der Waals surface area (Å²) < 4.78 is 0. The minimum atomic E-state index is -0.747. The summed E-state index contributed by atoms with van der Waals surface area (Å²) in [6, 6.07) is 5.68. The van der Waals surface area contributed by atoms with Gasteiger partial charge in [-0.25, -0.2) is 0 Å². The molecular formula is C17H20Cl2N2O3. The molecule has 2 heterocycles. The van der Waals surface area contributed by atoms with Crippen LogP contribution in [0.5, 0.6) is 0 Å². The van der Waals surface area contributed by atoms with Gasteiger partial charge in [-0.15, -0.1) is 0 Å². The normalized spacial score (nSPS) is 25.8. The lowest BCUT2D eigenvalue weighted by atomic mass is 9.89. The van der Waals surface area contributed by atoms with Crippen molar-refractivity contribution in [2.45, 2.75) is 37.8 Å². The Morgan fingerprint density at radius 1 is 1.29 bits per heavy atom. The predicted octanol–water partition coefficient (Wildman–Crippen LogP) is 2.59. The minimum absolute atomic E-state index is 0.000578. The molecule has 0 saturated carbocycles. The van der Waals surface area contributed by atoms with Gasteiger partial charge in [-0.05, 0) is 37.3 Å². The molecule has 2 aliphatic rings. The molecule has 1 aromatic carbocycles. The minimum Gasteiger partial charge on any atom is -0.481 e. The van der Waals surface area contributed by atoms with Gasteiger partial charge in [0.1, 0.15) is 0 Å². The molecule has 0 aromatic heterocycles. The first-order valence-corrected chi connectivity index (χ1v) is 8.91. The molecule has 130 valence electrons. The first kappa shape index (κ1) is 17.5. The maximum atomic E-state index is 12.2. The number of hydrogen-bond acceptors (Lipinski definition) is 3. The van der Waals surface area contributed by atoms with Crippen LogP contribution in [0.1, 0.15) is 24.8 Å². The first-order chi connectivity index (χ1) is 11.5. The fourth-order valence-electron chi connectivity index (χ4n) is 3.91. The zero-order valence-corrected chi connectivity index (χ0v) is 14.7. The molecule has 0 radical (unpaired) electrons. The van der Waals surface area contributed by atoms with Gasteiger partial charge in [0.05, 0.1) is 22.5 Å². The van der Waals surface area contributed by atoms with Gasteiger partial charge in [0, 0.05) is 18.6 Å². The second kappa shape index (κ2) is 7.30. The van der Waals surface area contributed by atoms with Crippen molar-refractivity contribution >= 4 is 35.1 Å². The SMILES string of the molecule is O=C(CN1C2CCC1C(C(=O)O)C2)NCCc1cccc(Cl)c1Cl. The second-order valence-corrected chi connectivity index (χ2v) is 7.25. The van der Waals surface area contributed by atoms with Gasteiger partial charge in [0.25, 0.3) is 0 Å². The number of amides is 1. The van der Waals surface area contributed by atoms with E-state index in [0.717, 1.165) is 18.4 Å². The van der Waals surface area contributed by atoms with Gasteiger partial charge in [0.15, 0.2) is 0 Å². The molecule has 5 nitrogen and oxygen atoms in total. The molecule has 1 aromatic rings. The van der Waals surface area contributed by atoms with Crippen molar-refractivity contribution in [2.24, 2.45) is 5.92 Å². The zero-order chi connectivity index (χ0) is 17.3. The van der Waals surface area contributed by atoms with Crippen LogP contribution in [0.15, 0.2) is 18.2 Å². The predicted molar refractivity (Wildman–Crippen MR) is 92.4 cm³/mol. The maximum Gasteiger partial charge on any atom is 0.308 e. The first-order valence-electron chi connectivity index (χ1n) is 8.15. The fraction of sp³-hybridized carbons (Fsp3) is 0.529. The van der Waals surface area contributed by atoms with E-state index in [-0.39, 0.29) is 30.5 Å². The van der Waals surface area contributed by atoms with Crippen molar-refractivity contribution in [3.05, 3.63) is 33.8 Å². The van der Waals surface area contributed by atoms with E-state index in [2.05, 4.69) is 10.2 Å². The van der Waals surface area contributed by atoms with E-state index in [1.807, 2.05) is 12.1 Å². The van der Waals surface area contributed by atoms with Crippen molar-refractivity contribution in [3.8, 4) is 0 Å². The molecule has 2 fully saturated rings. The van der Waals surface area contributed by atoms with Crippen LogP contribution in [0.4, 0.5) is 0 Å². The largest absolute Gasteiger partial charge is 0.481 e. The number of carboxylic acid groups (broad SMARTS) is 1. The summed E-state index contributed by atoms with van der Waals surface area (Å²) in [5, 5.41) is 13.2. The molecule has 3 rings (SSSR count). The molecule has 24 heavy (non-hydrogen) atoms. The Bertz CT molecular complexity index is 653. The van der Waals surface area contributed by atoms with E-state index in [4.69, 9.17) is 23.2 Å². The monoisotopic (exact) mass is 370 g/mol. The number of aliphatic carboxylic acids is 1. The summed E-state index contributed by atoms with van der Waals surface area (Å²) in [5.74, 6) is -1.15. The number of halogens is 2. The van der Waals surface area contributed by atoms with Crippen LogP contribution in [-0.4, -0.2) is 47.1 Å².